The van der Waals surface area contributed by atoms with E-state index >= 15 is 0 Å². The normalized spacial score (nSPS) is 16.6. The molecule has 0 bridgehead atoms. The minimum atomic E-state index is -0.322. The third kappa shape index (κ3) is 3.81. The average Bonchev–Trinajstić information content (AvgIpc) is 2.77. The second kappa shape index (κ2) is 6.52. The summed E-state index contributed by atoms with van der Waals surface area (Å²) in [6.07, 6.45) is 2.32. The summed E-state index contributed by atoms with van der Waals surface area (Å²) in [4.78, 5) is 22.7. The summed E-state index contributed by atoms with van der Waals surface area (Å²) in [6.45, 7) is 0.307. The van der Waals surface area contributed by atoms with Gasteiger partial charge in [-0.15, -0.1) is 0 Å². The highest BCUT2D eigenvalue weighted by molar-refractivity contribution is 5.79. The van der Waals surface area contributed by atoms with Gasteiger partial charge in [0.1, 0.15) is 0 Å². The SMILES string of the molecule is COC(=O)CCNC(=O)Cc1ccc2c(c1)CC(N)C2. The van der Waals surface area contributed by atoms with E-state index in [-0.39, 0.29) is 24.3 Å². The first kappa shape index (κ1) is 14.5. The van der Waals surface area contributed by atoms with E-state index in [1.165, 1.54) is 18.2 Å². The number of fused-ring (bicyclic) bond motifs is 1. The molecule has 1 aliphatic carbocycles. The van der Waals surface area contributed by atoms with Crippen molar-refractivity contribution in [3.63, 3.8) is 0 Å². The number of methoxy groups -OCH3 is 1. The molecular formula is C15H20N2O3. The molecule has 0 spiro atoms. The van der Waals surface area contributed by atoms with Crippen LogP contribution in [0, 0.1) is 0 Å². The number of carbonyl (C=O) groups excluding carboxylic acids is 2. The van der Waals surface area contributed by atoms with Gasteiger partial charge in [-0.25, -0.2) is 0 Å². The molecule has 20 heavy (non-hydrogen) atoms. The molecule has 1 atom stereocenters. The molecule has 1 aromatic rings. The van der Waals surface area contributed by atoms with Crippen LogP contribution in [0.5, 0.6) is 0 Å². The van der Waals surface area contributed by atoms with Gasteiger partial charge < -0.3 is 15.8 Å². The molecule has 2 rings (SSSR count). The molecule has 5 heteroatoms. The molecule has 0 saturated heterocycles. The number of esters is 1. The summed E-state index contributed by atoms with van der Waals surface area (Å²) < 4.78 is 4.51. The molecule has 108 valence electrons. The van der Waals surface area contributed by atoms with Crippen LogP contribution in [-0.4, -0.2) is 31.6 Å². The lowest BCUT2D eigenvalue weighted by atomic mass is 10.0. The highest BCUT2D eigenvalue weighted by Gasteiger charge is 2.18. The van der Waals surface area contributed by atoms with Crippen LogP contribution in [0.3, 0.4) is 0 Å². The number of benzene rings is 1. The predicted molar refractivity (Wildman–Crippen MR) is 75.2 cm³/mol. The van der Waals surface area contributed by atoms with E-state index < -0.39 is 0 Å². The lowest BCUT2D eigenvalue weighted by molar-refractivity contribution is -0.140. The van der Waals surface area contributed by atoms with Gasteiger partial charge in [-0.05, 0) is 29.5 Å². The Kier molecular flexibility index (Phi) is 4.74. The fourth-order valence-corrected chi connectivity index (χ4v) is 2.47. The number of nitrogens with one attached hydrogen (secondary N) is 1. The minimum Gasteiger partial charge on any atom is -0.469 e. The van der Waals surface area contributed by atoms with Gasteiger partial charge >= 0.3 is 5.97 Å². The Morgan fingerprint density at radius 3 is 2.85 bits per heavy atom. The molecule has 1 aliphatic rings. The van der Waals surface area contributed by atoms with Crippen LogP contribution in [0.4, 0.5) is 0 Å². The molecule has 0 radical (unpaired) electrons. The maximum atomic E-state index is 11.8. The van der Waals surface area contributed by atoms with E-state index in [0.717, 1.165) is 18.4 Å². The molecule has 5 nitrogen and oxygen atoms in total. The van der Waals surface area contributed by atoms with Crippen LogP contribution >= 0.6 is 0 Å². The van der Waals surface area contributed by atoms with Gasteiger partial charge in [-0.2, -0.15) is 0 Å². The number of ether oxygens (including phenoxy) is 1. The Balaban J connectivity index is 1.83. The van der Waals surface area contributed by atoms with Crippen molar-refractivity contribution in [3.05, 3.63) is 34.9 Å². The van der Waals surface area contributed by atoms with Crippen molar-refractivity contribution in [2.45, 2.75) is 31.7 Å². The van der Waals surface area contributed by atoms with Crippen LogP contribution < -0.4 is 11.1 Å². The minimum absolute atomic E-state index is 0.0869. The summed E-state index contributed by atoms with van der Waals surface area (Å²) in [5, 5.41) is 2.71. The predicted octanol–water partition coefficient (Wildman–Crippen LogP) is 0.334. The highest BCUT2D eigenvalue weighted by atomic mass is 16.5. The zero-order valence-corrected chi connectivity index (χ0v) is 11.6. The van der Waals surface area contributed by atoms with Gasteiger partial charge in [0.15, 0.2) is 0 Å². The second-order valence-corrected chi connectivity index (χ2v) is 5.12. The molecular weight excluding hydrogens is 256 g/mol. The quantitative estimate of drug-likeness (QED) is 0.760. The van der Waals surface area contributed by atoms with Crippen molar-refractivity contribution in [1.82, 2.24) is 5.32 Å². The summed E-state index contributed by atoms with van der Waals surface area (Å²) in [7, 11) is 1.33. The first-order valence-corrected chi connectivity index (χ1v) is 6.78. The summed E-state index contributed by atoms with van der Waals surface area (Å²) in [6, 6.07) is 6.28. The molecule has 0 aromatic heterocycles. The van der Waals surface area contributed by atoms with Gasteiger partial charge in [0.2, 0.25) is 5.91 Å². The monoisotopic (exact) mass is 276 g/mol. The first-order valence-electron chi connectivity index (χ1n) is 6.78. The van der Waals surface area contributed by atoms with E-state index in [1.54, 1.807) is 0 Å². The maximum Gasteiger partial charge on any atom is 0.307 e. The number of hydrogen-bond donors (Lipinski definition) is 2. The lowest BCUT2D eigenvalue weighted by Gasteiger charge is -2.06. The van der Waals surface area contributed by atoms with Crippen LogP contribution in [0.1, 0.15) is 23.1 Å². The van der Waals surface area contributed by atoms with Gasteiger partial charge in [0.25, 0.3) is 0 Å². The van der Waals surface area contributed by atoms with Crippen molar-refractivity contribution in [2.75, 3.05) is 13.7 Å². The zero-order valence-electron chi connectivity index (χ0n) is 11.6. The third-order valence-corrected chi connectivity index (χ3v) is 3.48. The van der Waals surface area contributed by atoms with E-state index in [9.17, 15) is 9.59 Å². The Hall–Kier alpha value is -1.88. The Morgan fingerprint density at radius 2 is 2.10 bits per heavy atom. The average molecular weight is 276 g/mol. The fraction of sp³-hybridized carbons (Fsp3) is 0.467. The van der Waals surface area contributed by atoms with E-state index in [0.29, 0.717) is 13.0 Å². The van der Waals surface area contributed by atoms with E-state index in [2.05, 4.69) is 22.2 Å². The van der Waals surface area contributed by atoms with Crippen molar-refractivity contribution < 1.29 is 14.3 Å². The van der Waals surface area contributed by atoms with Gasteiger partial charge in [-0.1, -0.05) is 18.2 Å². The maximum absolute atomic E-state index is 11.8. The molecule has 0 fully saturated rings. The van der Waals surface area contributed by atoms with Crippen molar-refractivity contribution in [3.8, 4) is 0 Å². The number of rotatable bonds is 5. The number of amides is 1. The molecule has 0 heterocycles. The topological polar surface area (TPSA) is 81.4 Å². The number of hydrogen-bond acceptors (Lipinski definition) is 4. The molecule has 0 saturated carbocycles. The van der Waals surface area contributed by atoms with Gasteiger partial charge in [0, 0.05) is 12.6 Å². The van der Waals surface area contributed by atoms with Gasteiger partial charge in [0.05, 0.1) is 20.0 Å². The lowest BCUT2D eigenvalue weighted by Crippen LogP contribution is -2.27. The van der Waals surface area contributed by atoms with Crippen molar-refractivity contribution in [1.29, 1.82) is 0 Å². The highest BCUT2D eigenvalue weighted by Crippen LogP contribution is 2.22. The van der Waals surface area contributed by atoms with Gasteiger partial charge in [-0.3, -0.25) is 9.59 Å². The summed E-state index contributed by atoms with van der Waals surface area (Å²) >= 11 is 0. The number of carbonyl (C=O) groups is 2. The summed E-state index contributed by atoms with van der Waals surface area (Å²) in [5.41, 5.74) is 9.43. The van der Waals surface area contributed by atoms with Crippen molar-refractivity contribution in [2.24, 2.45) is 5.73 Å². The van der Waals surface area contributed by atoms with Crippen LogP contribution in [-0.2, 0) is 33.6 Å². The Bertz CT molecular complexity index is 514. The Morgan fingerprint density at radius 1 is 1.35 bits per heavy atom. The van der Waals surface area contributed by atoms with E-state index in [1.807, 2.05) is 6.07 Å². The third-order valence-electron chi connectivity index (χ3n) is 3.48. The largest absolute Gasteiger partial charge is 0.469 e. The van der Waals surface area contributed by atoms with Crippen LogP contribution in [0.25, 0.3) is 0 Å². The van der Waals surface area contributed by atoms with Crippen LogP contribution in [0.2, 0.25) is 0 Å². The molecule has 3 N–H and O–H groups in total. The van der Waals surface area contributed by atoms with Crippen LogP contribution in [0.15, 0.2) is 18.2 Å². The molecule has 1 unspecified atom stereocenters. The molecule has 1 aromatic carbocycles. The fourth-order valence-electron chi connectivity index (χ4n) is 2.47. The zero-order chi connectivity index (χ0) is 14.5. The second-order valence-electron chi connectivity index (χ2n) is 5.12. The molecule has 0 aliphatic heterocycles. The molecule has 1 amide bonds. The van der Waals surface area contributed by atoms with E-state index in [4.69, 9.17) is 5.73 Å². The number of nitrogens with two attached hydrogens (primary N) is 1. The smallest absolute Gasteiger partial charge is 0.307 e. The first-order chi connectivity index (χ1) is 9.58. The van der Waals surface area contributed by atoms with Crippen molar-refractivity contribution >= 4 is 11.9 Å². The summed E-state index contributed by atoms with van der Waals surface area (Å²) in [5.74, 6) is -0.409. The standard InChI is InChI=1S/C15H20N2O3/c1-20-15(19)4-5-17-14(18)7-10-2-3-11-8-13(16)9-12(11)6-10/h2-3,6,13H,4-5,7-9,16H2,1H3,(H,17,18). The Labute approximate surface area is 118 Å².